The average molecular weight is 295 g/mol. The largest absolute Gasteiger partial charge is 0.443 e. The van der Waals surface area contributed by atoms with Crippen molar-refractivity contribution in [3.63, 3.8) is 0 Å². The summed E-state index contributed by atoms with van der Waals surface area (Å²) in [6.07, 6.45) is 2.19. The highest BCUT2D eigenvalue weighted by atomic mass is 16.3. The minimum absolute atomic E-state index is 0.161. The van der Waals surface area contributed by atoms with Gasteiger partial charge in [0.15, 0.2) is 12.0 Å². The van der Waals surface area contributed by atoms with Crippen LogP contribution in [0.2, 0.25) is 0 Å². The molecule has 0 atom stereocenters. The molecule has 0 spiro atoms. The zero-order valence-corrected chi connectivity index (χ0v) is 12.1. The molecule has 3 rings (SSSR count). The molecular weight excluding hydrogens is 278 g/mol. The maximum Gasteiger partial charge on any atom is 0.315 e. The molecule has 0 aliphatic carbocycles. The molecule has 1 heterocycles. The lowest BCUT2D eigenvalue weighted by Crippen LogP contribution is -2.36. The van der Waals surface area contributed by atoms with Crippen molar-refractivity contribution in [3.8, 4) is 0 Å². The Bertz CT molecular complexity index is 753. The van der Waals surface area contributed by atoms with Crippen LogP contribution in [0.25, 0.3) is 11.1 Å². The van der Waals surface area contributed by atoms with Crippen molar-refractivity contribution < 1.29 is 9.21 Å². The van der Waals surface area contributed by atoms with E-state index in [0.717, 1.165) is 28.6 Å². The van der Waals surface area contributed by atoms with E-state index in [0.29, 0.717) is 13.1 Å². The number of fused-ring (bicyclic) bond motifs is 1. The van der Waals surface area contributed by atoms with Crippen molar-refractivity contribution in [2.45, 2.75) is 13.0 Å². The lowest BCUT2D eigenvalue weighted by Gasteiger charge is -2.07. The van der Waals surface area contributed by atoms with Gasteiger partial charge in [0.1, 0.15) is 5.52 Å². The molecule has 2 aromatic carbocycles. The molecule has 2 amide bonds. The van der Waals surface area contributed by atoms with E-state index in [4.69, 9.17) is 4.42 Å². The number of nitrogens with zero attached hydrogens (tertiary/aromatic N) is 1. The fourth-order valence-corrected chi connectivity index (χ4v) is 2.22. The first-order chi connectivity index (χ1) is 10.8. The number of hydrogen-bond donors (Lipinski definition) is 2. The van der Waals surface area contributed by atoms with Crippen LogP contribution in [-0.4, -0.2) is 17.6 Å². The Kier molecular flexibility index (Phi) is 4.34. The standard InChI is InChI=1S/C17H17N3O2/c21-17(19-11-14-4-2-1-3-5-14)18-9-8-13-6-7-16-15(10-13)20-12-22-16/h1-7,10,12H,8-9,11H2,(H2,18,19,21). The van der Waals surface area contributed by atoms with Gasteiger partial charge in [-0.05, 0) is 29.7 Å². The lowest BCUT2D eigenvalue weighted by molar-refractivity contribution is 0.240. The third kappa shape index (κ3) is 3.63. The zero-order valence-electron chi connectivity index (χ0n) is 12.1. The first kappa shape index (κ1) is 14.1. The highest BCUT2D eigenvalue weighted by Crippen LogP contribution is 2.14. The third-order valence-electron chi connectivity index (χ3n) is 3.39. The van der Waals surface area contributed by atoms with Crippen molar-refractivity contribution in [1.82, 2.24) is 15.6 Å². The summed E-state index contributed by atoms with van der Waals surface area (Å²) in [6.45, 7) is 1.10. The number of aromatic nitrogens is 1. The van der Waals surface area contributed by atoms with E-state index in [2.05, 4.69) is 15.6 Å². The molecule has 0 saturated heterocycles. The van der Waals surface area contributed by atoms with Crippen molar-refractivity contribution in [1.29, 1.82) is 0 Å². The number of carbonyl (C=O) groups is 1. The Morgan fingerprint density at radius 2 is 1.91 bits per heavy atom. The molecule has 0 unspecified atom stereocenters. The van der Waals surface area contributed by atoms with Gasteiger partial charge in [0, 0.05) is 13.1 Å². The van der Waals surface area contributed by atoms with Crippen molar-refractivity contribution >= 4 is 17.1 Å². The van der Waals surface area contributed by atoms with Crippen molar-refractivity contribution in [3.05, 3.63) is 66.1 Å². The predicted molar refractivity (Wildman–Crippen MR) is 84.4 cm³/mol. The fraction of sp³-hybridized carbons (Fsp3) is 0.176. The van der Waals surface area contributed by atoms with Crippen LogP contribution in [0.5, 0.6) is 0 Å². The summed E-state index contributed by atoms with van der Waals surface area (Å²) in [5.41, 5.74) is 3.81. The van der Waals surface area contributed by atoms with Crippen LogP contribution in [0.4, 0.5) is 4.79 Å². The molecule has 0 bridgehead atoms. The maximum atomic E-state index is 11.7. The number of hydrogen-bond acceptors (Lipinski definition) is 3. The number of benzene rings is 2. The first-order valence-electron chi connectivity index (χ1n) is 7.19. The smallest absolute Gasteiger partial charge is 0.315 e. The third-order valence-corrected chi connectivity index (χ3v) is 3.39. The monoisotopic (exact) mass is 295 g/mol. The van der Waals surface area contributed by atoms with Crippen molar-refractivity contribution in [2.75, 3.05) is 6.54 Å². The van der Waals surface area contributed by atoms with Gasteiger partial charge in [0.2, 0.25) is 0 Å². The molecular formula is C17H17N3O2. The van der Waals surface area contributed by atoms with Gasteiger partial charge in [0.05, 0.1) is 0 Å². The minimum Gasteiger partial charge on any atom is -0.443 e. The second kappa shape index (κ2) is 6.76. The quantitative estimate of drug-likeness (QED) is 0.760. The minimum atomic E-state index is -0.161. The lowest BCUT2D eigenvalue weighted by atomic mass is 10.1. The highest BCUT2D eigenvalue weighted by molar-refractivity contribution is 5.74. The van der Waals surface area contributed by atoms with Crippen molar-refractivity contribution in [2.24, 2.45) is 0 Å². The van der Waals surface area contributed by atoms with Crippen LogP contribution in [0.3, 0.4) is 0 Å². The second-order valence-electron chi connectivity index (χ2n) is 5.00. The van der Waals surface area contributed by atoms with Gasteiger partial charge < -0.3 is 15.1 Å². The molecule has 0 radical (unpaired) electrons. The van der Waals surface area contributed by atoms with Gasteiger partial charge in [0.25, 0.3) is 0 Å². The average Bonchev–Trinajstić information content (AvgIpc) is 3.02. The van der Waals surface area contributed by atoms with Gasteiger partial charge in [-0.2, -0.15) is 0 Å². The molecule has 3 aromatic rings. The van der Waals surface area contributed by atoms with Gasteiger partial charge >= 0.3 is 6.03 Å². The molecule has 5 heteroatoms. The number of oxazole rings is 1. The Morgan fingerprint density at radius 1 is 1.05 bits per heavy atom. The Hall–Kier alpha value is -2.82. The van der Waals surface area contributed by atoms with E-state index >= 15 is 0 Å². The first-order valence-corrected chi connectivity index (χ1v) is 7.19. The number of nitrogens with one attached hydrogen (secondary N) is 2. The summed E-state index contributed by atoms with van der Waals surface area (Å²) in [4.78, 5) is 15.8. The van der Waals surface area contributed by atoms with Crippen LogP contribution in [0, 0.1) is 0 Å². The molecule has 0 aliphatic rings. The number of rotatable bonds is 5. The Balaban J connectivity index is 1.43. The Labute approximate surface area is 128 Å². The molecule has 112 valence electrons. The maximum absolute atomic E-state index is 11.7. The predicted octanol–water partition coefficient (Wildman–Crippen LogP) is 2.87. The normalized spacial score (nSPS) is 10.5. The second-order valence-corrected chi connectivity index (χ2v) is 5.00. The highest BCUT2D eigenvalue weighted by Gasteiger charge is 2.02. The van der Waals surface area contributed by atoms with E-state index in [-0.39, 0.29) is 6.03 Å². The van der Waals surface area contributed by atoms with E-state index in [9.17, 15) is 4.79 Å². The van der Waals surface area contributed by atoms with Crippen LogP contribution < -0.4 is 10.6 Å². The Morgan fingerprint density at radius 3 is 2.77 bits per heavy atom. The van der Waals surface area contributed by atoms with E-state index in [1.165, 1.54) is 6.39 Å². The van der Waals surface area contributed by atoms with E-state index < -0.39 is 0 Å². The molecule has 22 heavy (non-hydrogen) atoms. The summed E-state index contributed by atoms with van der Waals surface area (Å²) >= 11 is 0. The van der Waals surface area contributed by atoms with Crippen LogP contribution in [0.15, 0.2) is 59.3 Å². The summed E-state index contributed by atoms with van der Waals surface area (Å²) in [5.74, 6) is 0. The van der Waals surface area contributed by atoms with Gasteiger partial charge in [-0.3, -0.25) is 0 Å². The fourth-order valence-electron chi connectivity index (χ4n) is 2.22. The summed E-state index contributed by atoms with van der Waals surface area (Å²) in [5, 5.41) is 5.68. The molecule has 0 aliphatic heterocycles. The number of urea groups is 1. The van der Waals surface area contributed by atoms with E-state index in [1.807, 2.05) is 48.5 Å². The van der Waals surface area contributed by atoms with E-state index in [1.54, 1.807) is 0 Å². The summed E-state index contributed by atoms with van der Waals surface area (Å²) < 4.78 is 5.20. The molecule has 5 nitrogen and oxygen atoms in total. The molecule has 1 aromatic heterocycles. The van der Waals surface area contributed by atoms with Gasteiger partial charge in [-0.25, -0.2) is 9.78 Å². The summed E-state index contributed by atoms with van der Waals surface area (Å²) in [7, 11) is 0. The number of carbonyl (C=O) groups excluding carboxylic acids is 1. The zero-order chi connectivity index (χ0) is 15.2. The number of amides is 2. The van der Waals surface area contributed by atoms with Gasteiger partial charge in [-0.1, -0.05) is 36.4 Å². The van der Waals surface area contributed by atoms with Crippen LogP contribution in [0.1, 0.15) is 11.1 Å². The van der Waals surface area contributed by atoms with Gasteiger partial charge in [-0.15, -0.1) is 0 Å². The van der Waals surface area contributed by atoms with Crippen LogP contribution >= 0.6 is 0 Å². The van der Waals surface area contributed by atoms with Crippen LogP contribution in [-0.2, 0) is 13.0 Å². The molecule has 2 N–H and O–H groups in total. The molecule has 0 fully saturated rings. The SMILES string of the molecule is O=C(NCCc1ccc2ocnc2c1)NCc1ccccc1. The molecule has 0 saturated carbocycles. The topological polar surface area (TPSA) is 67.2 Å². The summed E-state index contributed by atoms with van der Waals surface area (Å²) in [6, 6.07) is 15.5.